The average Bonchev–Trinajstić information content (AvgIpc) is 2.72. The summed E-state index contributed by atoms with van der Waals surface area (Å²) in [5, 5.41) is 43.8. The summed E-state index contributed by atoms with van der Waals surface area (Å²) in [5.74, 6) is -0.991. The van der Waals surface area contributed by atoms with Gasteiger partial charge in [0.1, 0.15) is 22.8 Å². The van der Waals surface area contributed by atoms with E-state index in [1.165, 1.54) is 11.0 Å². The summed E-state index contributed by atoms with van der Waals surface area (Å²) >= 11 is 0. The van der Waals surface area contributed by atoms with Crippen molar-refractivity contribution in [3.8, 4) is 17.6 Å². The van der Waals surface area contributed by atoms with E-state index >= 15 is 0 Å². The SMILES string of the molecule is CC#Cc1ccc(O)c2c1C[C@@H]1C[C@H]3[C@H](N(C)C)C(=O)C(C(N)=O)=C(O)[C@]3(O)C(=O)C1=C2O. The second-order valence-electron chi connectivity index (χ2n) is 8.82. The molecule has 1 saturated carbocycles. The number of hydrogen-bond donors (Lipinski definition) is 5. The van der Waals surface area contributed by atoms with Crippen molar-refractivity contribution in [3.63, 3.8) is 0 Å². The fourth-order valence-corrected chi connectivity index (χ4v) is 5.50. The molecule has 0 saturated heterocycles. The van der Waals surface area contributed by atoms with Crippen molar-refractivity contribution in [2.45, 2.75) is 31.4 Å². The smallest absolute Gasteiger partial charge is 0.255 e. The highest BCUT2D eigenvalue weighted by molar-refractivity contribution is 6.24. The van der Waals surface area contributed by atoms with Crippen molar-refractivity contribution < 1.29 is 34.8 Å². The predicted molar refractivity (Wildman–Crippen MR) is 117 cm³/mol. The molecular weight excluding hydrogens is 428 g/mol. The fourth-order valence-electron chi connectivity index (χ4n) is 5.50. The predicted octanol–water partition coefficient (Wildman–Crippen LogP) is 0.335. The van der Waals surface area contributed by atoms with Gasteiger partial charge < -0.3 is 26.2 Å². The van der Waals surface area contributed by atoms with Crippen molar-refractivity contribution in [1.82, 2.24) is 4.90 Å². The summed E-state index contributed by atoms with van der Waals surface area (Å²) in [6.45, 7) is 1.65. The standard InChI is InChI=1S/C24H24N2O7/c1-4-5-10-6-7-14(27)16-12(10)8-11-9-13-18(26(2)3)20(29)17(23(25)32)22(31)24(13,33)21(30)15(11)19(16)28/h6-7,11,13,18,27-28,31,33H,8-9H2,1-3H3,(H2,25,32)/t11-,13+,18+,24-/m1/s1. The highest BCUT2D eigenvalue weighted by atomic mass is 16.3. The first kappa shape index (κ1) is 22.6. The number of aliphatic hydroxyl groups is 3. The lowest BCUT2D eigenvalue weighted by atomic mass is 9.57. The van der Waals surface area contributed by atoms with E-state index < -0.39 is 58.0 Å². The zero-order chi connectivity index (χ0) is 24.4. The number of benzene rings is 1. The summed E-state index contributed by atoms with van der Waals surface area (Å²) in [4.78, 5) is 40.1. The maximum Gasteiger partial charge on any atom is 0.255 e. The van der Waals surface area contributed by atoms with Crippen molar-refractivity contribution in [1.29, 1.82) is 0 Å². The van der Waals surface area contributed by atoms with Gasteiger partial charge in [0.05, 0.1) is 11.6 Å². The Morgan fingerprint density at radius 2 is 1.88 bits per heavy atom. The topological polar surface area (TPSA) is 161 Å². The van der Waals surface area contributed by atoms with Gasteiger partial charge in [0.2, 0.25) is 5.78 Å². The van der Waals surface area contributed by atoms with E-state index in [1.54, 1.807) is 27.1 Å². The van der Waals surface area contributed by atoms with Gasteiger partial charge >= 0.3 is 0 Å². The molecule has 9 nitrogen and oxygen atoms in total. The van der Waals surface area contributed by atoms with Crippen LogP contribution in [-0.2, 0) is 20.8 Å². The molecule has 1 amide bonds. The Labute approximate surface area is 189 Å². The molecule has 4 rings (SSSR count). The van der Waals surface area contributed by atoms with Crippen LogP contribution in [0.2, 0.25) is 0 Å². The summed E-state index contributed by atoms with van der Waals surface area (Å²) in [5.41, 5.74) is 2.81. The van der Waals surface area contributed by atoms with Gasteiger partial charge in [-0.15, -0.1) is 5.92 Å². The number of carbonyl (C=O) groups excluding carboxylic acids is 3. The molecule has 9 heteroatoms. The minimum atomic E-state index is -2.64. The number of nitrogens with two attached hydrogens (primary N) is 1. The largest absolute Gasteiger partial charge is 0.508 e. The van der Waals surface area contributed by atoms with Gasteiger partial charge in [-0.05, 0) is 57.5 Å². The van der Waals surface area contributed by atoms with Crippen LogP contribution in [0.5, 0.6) is 5.75 Å². The van der Waals surface area contributed by atoms with E-state index in [-0.39, 0.29) is 29.7 Å². The number of carbonyl (C=O) groups is 3. The lowest BCUT2D eigenvalue weighted by Gasteiger charge is -2.50. The quantitative estimate of drug-likeness (QED) is 0.317. The van der Waals surface area contributed by atoms with E-state index in [4.69, 9.17) is 5.73 Å². The zero-order valence-corrected chi connectivity index (χ0v) is 18.3. The molecule has 3 aliphatic rings. The first-order valence-corrected chi connectivity index (χ1v) is 10.4. The van der Waals surface area contributed by atoms with E-state index in [2.05, 4.69) is 11.8 Å². The van der Waals surface area contributed by atoms with Crippen molar-refractivity contribution >= 4 is 23.2 Å². The van der Waals surface area contributed by atoms with Crippen molar-refractivity contribution in [2.24, 2.45) is 17.6 Å². The number of phenols is 1. The van der Waals surface area contributed by atoms with Crippen LogP contribution in [0, 0.1) is 23.7 Å². The monoisotopic (exact) mass is 452 g/mol. The molecule has 0 spiro atoms. The Hall–Kier alpha value is -3.61. The molecule has 0 bridgehead atoms. The number of likely N-dealkylation sites (N-methyl/N-ethyl adjacent to an activating group) is 1. The molecule has 0 aromatic heterocycles. The number of primary amides is 1. The first-order valence-electron chi connectivity index (χ1n) is 10.4. The summed E-state index contributed by atoms with van der Waals surface area (Å²) in [6, 6.07) is 1.86. The second-order valence-corrected chi connectivity index (χ2v) is 8.82. The third-order valence-corrected chi connectivity index (χ3v) is 6.86. The molecular formula is C24H24N2O7. The molecule has 4 atom stereocenters. The number of ketones is 2. The second kappa shape index (κ2) is 7.47. The number of fused-ring (bicyclic) bond motifs is 3. The Morgan fingerprint density at radius 1 is 1.21 bits per heavy atom. The molecule has 33 heavy (non-hydrogen) atoms. The molecule has 0 heterocycles. The molecule has 1 aromatic carbocycles. The van der Waals surface area contributed by atoms with Crippen molar-refractivity contribution in [2.75, 3.05) is 14.1 Å². The number of rotatable bonds is 2. The van der Waals surface area contributed by atoms with Crippen LogP contribution in [-0.4, -0.2) is 68.5 Å². The van der Waals surface area contributed by atoms with E-state index in [0.717, 1.165) is 0 Å². The van der Waals surface area contributed by atoms with Gasteiger partial charge in [-0.1, -0.05) is 5.92 Å². The van der Waals surface area contributed by atoms with E-state index in [9.17, 15) is 34.8 Å². The number of amides is 1. The van der Waals surface area contributed by atoms with Crippen LogP contribution in [0.3, 0.4) is 0 Å². The first-order chi connectivity index (χ1) is 15.5. The maximum absolute atomic E-state index is 13.7. The summed E-state index contributed by atoms with van der Waals surface area (Å²) in [6.07, 6.45) is 0.257. The molecule has 172 valence electrons. The fraction of sp³-hybridized carbons (Fsp3) is 0.375. The third-order valence-electron chi connectivity index (χ3n) is 6.86. The van der Waals surface area contributed by atoms with Crippen LogP contribution in [0.15, 0.2) is 29.0 Å². The van der Waals surface area contributed by atoms with Crippen LogP contribution in [0.1, 0.15) is 30.0 Å². The van der Waals surface area contributed by atoms with Crippen LogP contribution >= 0.6 is 0 Å². The molecule has 0 aliphatic heterocycles. The molecule has 3 aliphatic carbocycles. The molecule has 6 N–H and O–H groups in total. The lowest BCUT2D eigenvalue weighted by Crippen LogP contribution is -2.65. The number of nitrogens with zero attached hydrogens (tertiary/aromatic N) is 1. The lowest BCUT2D eigenvalue weighted by molar-refractivity contribution is -0.153. The zero-order valence-electron chi connectivity index (χ0n) is 18.3. The molecule has 0 radical (unpaired) electrons. The number of hydrogen-bond acceptors (Lipinski definition) is 8. The number of aliphatic hydroxyl groups excluding tert-OH is 2. The Balaban J connectivity index is 2.00. The summed E-state index contributed by atoms with van der Waals surface area (Å²) < 4.78 is 0. The normalized spacial score (nSPS) is 28.7. The molecule has 0 unspecified atom stereocenters. The van der Waals surface area contributed by atoms with Crippen LogP contribution in [0.25, 0.3) is 5.76 Å². The number of Topliss-reactive ketones (excluding diaryl/α,β-unsaturated/α-hetero) is 2. The Bertz CT molecular complexity index is 1250. The van der Waals surface area contributed by atoms with Gasteiger partial charge in [0.15, 0.2) is 11.4 Å². The van der Waals surface area contributed by atoms with E-state index in [0.29, 0.717) is 11.1 Å². The van der Waals surface area contributed by atoms with Gasteiger partial charge in [-0.25, -0.2) is 0 Å². The third kappa shape index (κ3) is 2.91. The van der Waals surface area contributed by atoms with Gasteiger partial charge in [0.25, 0.3) is 5.91 Å². The van der Waals surface area contributed by atoms with Gasteiger partial charge in [-0.2, -0.15) is 0 Å². The number of aromatic hydroxyl groups is 1. The van der Waals surface area contributed by atoms with Crippen LogP contribution < -0.4 is 5.73 Å². The minimum absolute atomic E-state index is 0.0338. The summed E-state index contributed by atoms with van der Waals surface area (Å²) in [7, 11) is 3.11. The maximum atomic E-state index is 13.7. The minimum Gasteiger partial charge on any atom is -0.508 e. The van der Waals surface area contributed by atoms with Crippen LogP contribution in [0.4, 0.5) is 0 Å². The highest BCUT2D eigenvalue weighted by Gasteiger charge is 2.64. The Morgan fingerprint density at radius 3 is 2.45 bits per heavy atom. The Kier molecular flexibility index (Phi) is 5.11. The molecule has 1 fully saturated rings. The molecule has 1 aromatic rings. The number of phenolic OH excluding ortho intramolecular Hbond substituents is 1. The van der Waals surface area contributed by atoms with Gasteiger partial charge in [0, 0.05) is 17.1 Å². The van der Waals surface area contributed by atoms with E-state index in [1.807, 2.05) is 0 Å². The van der Waals surface area contributed by atoms with Gasteiger partial charge in [-0.3, -0.25) is 19.3 Å². The highest BCUT2D eigenvalue weighted by Crippen LogP contribution is 2.52. The average molecular weight is 452 g/mol. The van der Waals surface area contributed by atoms with Crippen molar-refractivity contribution in [3.05, 3.63) is 45.7 Å².